The Bertz CT molecular complexity index is 1050. The maximum atomic E-state index is 12.9. The monoisotopic (exact) mass is 434 g/mol. The number of para-hydroxylation sites is 1. The quantitative estimate of drug-likeness (QED) is 0.558. The van der Waals surface area contributed by atoms with E-state index in [1.54, 1.807) is 17.8 Å². The molecule has 0 spiro atoms. The van der Waals surface area contributed by atoms with Gasteiger partial charge < -0.3 is 9.47 Å². The van der Waals surface area contributed by atoms with Crippen molar-refractivity contribution in [2.24, 2.45) is 0 Å². The summed E-state index contributed by atoms with van der Waals surface area (Å²) in [5, 5.41) is 4.61. The van der Waals surface area contributed by atoms with Crippen molar-refractivity contribution in [3.05, 3.63) is 72.4 Å². The molecule has 1 fully saturated rings. The molecule has 4 rings (SSSR count). The molecule has 0 saturated carbocycles. The largest absolute Gasteiger partial charge is 0.376 e. The van der Waals surface area contributed by atoms with Crippen LogP contribution in [0.5, 0.6) is 0 Å². The zero-order valence-corrected chi connectivity index (χ0v) is 17.9. The van der Waals surface area contributed by atoms with E-state index in [0.29, 0.717) is 17.9 Å². The molecule has 2 heterocycles. The summed E-state index contributed by atoms with van der Waals surface area (Å²) in [6.45, 7) is 2.72. The summed E-state index contributed by atoms with van der Waals surface area (Å²) >= 11 is 0. The smallest absolute Gasteiger partial charge is 0.273 e. The molecular weight excluding hydrogens is 408 g/mol. The van der Waals surface area contributed by atoms with Gasteiger partial charge in [-0.3, -0.25) is 20.4 Å². The first-order valence-corrected chi connectivity index (χ1v) is 10.7. The number of nitrogens with one attached hydrogen (secondary N) is 2. The molecule has 1 aliphatic heterocycles. The molecule has 1 saturated heterocycles. The fourth-order valence-corrected chi connectivity index (χ4v) is 3.45. The lowest BCUT2D eigenvalue weighted by Gasteiger charge is -2.16. The third-order valence-corrected chi connectivity index (χ3v) is 5.25. The van der Waals surface area contributed by atoms with Gasteiger partial charge in [-0.05, 0) is 31.9 Å². The molecule has 2 unspecified atom stereocenters. The van der Waals surface area contributed by atoms with Gasteiger partial charge in [-0.25, -0.2) is 4.68 Å². The lowest BCUT2D eigenvalue weighted by atomic mass is 10.1. The Morgan fingerprint density at radius 3 is 2.53 bits per heavy atom. The van der Waals surface area contributed by atoms with Crippen molar-refractivity contribution in [3.8, 4) is 16.9 Å². The molecule has 2 amide bonds. The van der Waals surface area contributed by atoms with Gasteiger partial charge in [-0.15, -0.1) is 0 Å². The molecule has 1 aromatic heterocycles. The number of carbonyl (C=O) groups is 2. The SMILES string of the molecule is CC(OCC1CCCO1)C(=O)NNC(=O)c1cn(-c2ccccc2)nc1-c1ccccc1. The molecule has 166 valence electrons. The summed E-state index contributed by atoms with van der Waals surface area (Å²) in [6, 6.07) is 18.9. The second-order valence-electron chi connectivity index (χ2n) is 7.59. The highest BCUT2D eigenvalue weighted by Gasteiger charge is 2.22. The Balaban J connectivity index is 1.45. The van der Waals surface area contributed by atoms with Crippen LogP contribution in [0.2, 0.25) is 0 Å². The third kappa shape index (κ3) is 5.22. The van der Waals surface area contributed by atoms with Gasteiger partial charge in [0.1, 0.15) is 11.8 Å². The van der Waals surface area contributed by atoms with Crippen molar-refractivity contribution in [1.82, 2.24) is 20.6 Å². The zero-order chi connectivity index (χ0) is 22.3. The molecule has 1 aliphatic rings. The van der Waals surface area contributed by atoms with Gasteiger partial charge in [0.2, 0.25) is 0 Å². The van der Waals surface area contributed by atoms with Crippen LogP contribution in [0, 0.1) is 0 Å². The topological polar surface area (TPSA) is 94.5 Å². The van der Waals surface area contributed by atoms with Crippen molar-refractivity contribution in [2.75, 3.05) is 13.2 Å². The first kappa shape index (κ1) is 21.7. The Morgan fingerprint density at radius 2 is 1.84 bits per heavy atom. The maximum absolute atomic E-state index is 12.9. The zero-order valence-electron chi connectivity index (χ0n) is 17.9. The Morgan fingerprint density at radius 1 is 1.12 bits per heavy atom. The summed E-state index contributed by atoms with van der Waals surface area (Å²) in [7, 11) is 0. The molecule has 32 heavy (non-hydrogen) atoms. The highest BCUT2D eigenvalue weighted by Crippen LogP contribution is 2.23. The minimum Gasteiger partial charge on any atom is -0.376 e. The van der Waals surface area contributed by atoms with Crippen LogP contribution in [0.3, 0.4) is 0 Å². The summed E-state index contributed by atoms with van der Waals surface area (Å²) in [4.78, 5) is 25.3. The van der Waals surface area contributed by atoms with Crippen molar-refractivity contribution in [1.29, 1.82) is 0 Å². The van der Waals surface area contributed by atoms with Crippen molar-refractivity contribution >= 4 is 11.8 Å². The van der Waals surface area contributed by atoms with Gasteiger partial charge >= 0.3 is 0 Å². The number of hydrogen-bond acceptors (Lipinski definition) is 5. The summed E-state index contributed by atoms with van der Waals surface area (Å²) in [6.07, 6.45) is 2.89. The number of nitrogens with zero attached hydrogens (tertiary/aromatic N) is 2. The molecule has 2 N–H and O–H groups in total. The number of hydrazine groups is 1. The summed E-state index contributed by atoms with van der Waals surface area (Å²) < 4.78 is 12.7. The van der Waals surface area contributed by atoms with Crippen LogP contribution in [0.1, 0.15) is 30.1 Å². The lowest BCUT2D eigenvalue weighted by Crippen LogP contribution is -2.46. The van der Waals surface area contributed by atoms with Gasteiger partial charge in [-0.2, -0.15) is 5.10 Å². The summed E-state index contributed by atoms with van der Waals surface area (Å²) in [5.41, 5.74) is 7.40. The van der Waals surface area contributed by atoms with E-state index in [-0.39, 0.29) is 6.10 Å². The second kappa shape index (κ2) is 10.2. The molecule has 0 bridgehead atoms. The van der Waals surface area contributed by atoms with E-state index in [2.05, 4.69) is 16.0 Å². The van der Waals surface area contributed by atoms with Crippen LogP contribution in [0.25, 0.3) is 16.9 Å². The van der Waals surface area contributed by atoms with Crippen LogP contribution in [0.4, 0.5) is 0 Å². The number of carbonyl (C=O) groups excluding carboxylic acids is 2. The number of hydrogen-bond donors (Lipinski definition) is 2. The molecule has 2 atom stereocenters. The Kier molecular flexibility index (Phi) is 6.94. The number of rotatable bonds is 7. The van der Waals surface area contributed by atoms with Crippen LogP contribution in [-0.4, -0.2) is 47.0 Å². The molecule has 8 heteroatoms. The van der Waals surface area contributed by atoms with Crippen molar-refractivity contribution < 1.29 is 19.1 Å². The normalized spacial score (nSPS) is 16.5. The van der Waals surface area contributed by atoms with Gasteiger partial charge in [0.15, 0.2) is 0 Å². The first-order chi connectivity index (χ1) is 15.6. The van der Waals surface area contributed by atoms with Crippen LogP contribution < -0.4 is 10.9 Å². The Labute approximate surface area is 186 Å². The van der Waals surface area contributed by atoms with E-state index < -0.39 is 17.9 Å². The molecule has 3 aromatic rings. The molecule has 0 aliphatic carbocycles. The van der Waals surface area contributed by atoms with Crippen LogP contribution >= 0.6 is 0 Å². The highest BCUT2D eigenvalue weighted by atomic mass is 16.5. The lowest BCUT2D eigenvalue weighted by molar-refractivity contribution is -0.134. The van der Waals surface area contributed by atoms with E-state index in [0.717, 1.165) is 30.7 Å². The third-order valence-electron chi connectivity index (χ3n) is 5.25. The van der Waals surface area contributed by atoms with Crippen molar-refractivity contribution in [3.63, 3.8) is 0 Å². The second-order valence-corrected chi connectivity index (χ2v) is 7.59. The minimum atomic E-state index is -0.722. The molecule has 0 radical (unpaired) electrons. The number of ether oxygens (including phenoxy) is 2. The van der Waals surface area contributed by atoms with Crippen LogP contribution in [-0.2, 0) is 14.3 Å². The van der Waals surface area contributed by atoms with Crippen LogP contribution in [0.15, 0.2) is 66.9 Å². The average Bonchev–Trinajstić information content (AvgIpc) is 3.52. The fraction of sp³-hybridized carbons (Fsp3) is 0.292. The van der Waals surface area contributed by atoms with Gasteiger partial charge in [0, 0.05) is 18.4 Å². The maximum Gasteiger partial charge on any atom is 0.273 e. The van der Waals surface area contributed by atoms with E-state index >= 15 is 0 Å². The minimum absolute atomic E-state index is 0.0251. The van der Waals surface area contributed by atoms with E-state index in [4.69, 9.17) is 9.47 Å². The number of aromatic nitrogens is 2. The first-order valence-electron chi connectivity index (χ1n) is 10.7. The van der Waals surface area contributed by atoms with Gasteiger partial charge in [-0.1, -0.05) is 48.5 Å². The molecular formula is C24H26N4O4. The van der Waals surface area contributed by atoms with E-state index in [1.807, 2.05) is 60.7 Å². The molecule has 2 aromatic carbocycles. The Hall–Kier alpha value is -3.49. The number of amides is 2. The summed E-state index contributed by atoms with van der Waals surface area (Å²) in [5.74, 6) is -0.904. The standard InChI is InChI=1S/C24H26N4O4/c1-17(32-16-20-13-8-14-31-20)23(29)25-26-24(30)21-15-28(19-11-6-3-7-12-19)27-22(21)18-9-4-2-5-10-18/h2-7,9-12,15,17,20H,8,13-14,16H2,1H3,(H,25,29)(H,26,30). The molecule has 8 nitrogen and oxygen atoms in total. The number of benzene rings is 2. The van der Waals surface area contributed by atoms with Gasteiger partial charge in [0.25, 0.3) is 11.8 Å². The average molecular weight is 434 g/mol. The fourth-order valence-electron chi connectivity index (χ4n) is 3.45. The van der Waals surface area contributed by atoms with E-state index in [9.17, 15) is 9.59 Å². The predicted octanol–water partition coefficient (Wildman–Crippen LogP) is 2.88. The highest BCUT2D eigenvalue weighted by molar-refractivity contribution is 6.00. The van der Waals surface area contributed by atoms with E-state index in [1.165, 1.54) is 0 Å². The predicted molar refractivity (Wildman–Crippen MR) is 119 cm³/mol. The van der Waals surface area contributed by atoms with Gasteiger partial charge in [0.05, 0.1) is 24.0 Å². The van der Waals surface area contributed by atoms with Crippen molar-refractivity contribution in [2.45, 2.75) is 32.0 Å².